The van der Waals surface area contributed by atoms with Gasteiger partial charge in [0.05, 0.1) is 24.2 Å². The van der Waals surface area contributed by atoms with Gasteiger partial charge in [-0.2, -0.15) is 0 Å². The monoisotopic (exact) mass is 422 g/mol. The Balaban J connectivity index is 1.42. The lowest BCUT2D eigenvalue weighted by atomic mass is 10.2. The summed E-state index contributed by atoms with van der Waals surface area (Å²) in [5.41, 5.74) is 2.34. The third-order valence-corrected chi connectivity index (χ3v) is 5.80. The van der Waals surface area contributed by atoms with Crippen LogP contribution in [0.25, 0.3) is 5.69 Å². The van der Waals surface area contributed by atoms with Gasteiger partial charge in [-0.3, -0.25) is 14.2 Å². The second kappa shape index (κ2) is 9.04. The zero-order valence-electron chi connectivity index (χ0n) is 16.6. The van der Waals surface area contributed by atoms with Gasteiger partial charge in [-0.05, 0) is 42.8 Å². The Morgan fingerprint density at radius 3 is 2.73 bits per heavy atom. The summed E-state index contributed by atoms with van der Waals surface area (Å²) in [7, 11) is 1.63. The Kier molecular flexibility index (Phi) is 6.04. The van der Waals surface area contributed by atoms with Crippen LogP contribution in [0.15, 0.2) is 66.1 Å². The Morgan fingerprint density at radius 2 is 2.00 bits per heavy atom. The molecule has 0 unspecified atom stereocenters. The molecule has 0 saturated carbocycles. The molecule has 0 radical (unpaired) electrons. The lowest BCUT2D eigenvalue weighted by Gasteiger charge is -2.19. The molecule has 4 rings (SSSR count). The molecule has 2 amide bonds. The second-order valence-electron chi connectivity index (χ2n) is 6.78. The van der Waals surface area contributed by atoms with Crippen LogP contribution in [0.5, 0.6) is 5.75 Å². The molecule has 30 heavy (non-hydrogen) atoms. The number of rotatable bonds is 7. The molecule has 2 heterocycles. The van der Waals surface area contributed by atoms with E-state index in [0.29, 0.717) is 18.7 Å². The highest BCUT2D eigenvalue weighted by atomic mass is 32.2. The maximum absolute atomic E-state index is 12.6. The number of hydrogen-bond donors (Lipinski definition) is 1. The largest absolute Gasteiger partial charge is 0.497 e. The van der Waals surface area contributed by atoms with Crippen LogP contribution in [-0.4, -0.2) is 40.8 Å². The Hall–Kier alpha value is -3.26. The molecule has 7 nitrogen and oxygen atoms in total. The van der Waals surface area contributed by atoms with E-state index in [9.17, 15) is 9.59 Å². The smallest absolute Gasteiger partial charge is 0.234 e. The van der Waals surface area contributed by atoms with E-state index in [-0.39, 0.29) is 17.6 Å². The number of carbonyl (C=O) groups is 2. The summed E-state index contributed by atoms with van der Waals surface area (Å²) in [5.74, 6) is 0.925. The number of nitrogens with zero attached hydrogens (tertiary/aromatic N) is 3. The SMILES string of the molecule is COc1ccc(-n2ccnc2SCC(=O)Nc2ccccc2N2CCCC2=O)cc1. The average Bonchev–Trinajstić information content (AvgIpc) is 3.41. The van der Waals surface area contributed by atoms with E-state index < -0.39 is 0 Å². The Morgan fingerprint density at radius 1 is 1.20 bits per heavy atom. The molecule has 0 spiro atoms. The van der Waals surface area contributed by atoms with Crippen LogP contribution >= 0.6 is 11.8 Å². The molecule has 154 valence electrons. The van der Waals surface area contributed by atoms with Gasteiger partial charge in [0.15, 0.2) is 5.16 Å². The van der Waals surface area contributed by atoms with Crippen LogP contribution in [0.3, 0.4) is 0 Å². The molecule has 1 fully saturated rings. The molecule has 3 aromatic rings. The highest BCUT2D eigenvalue weighted by Crippen LogP contribution is 2.30. The fourth-order valence-electron chi connectivity index (χ4n) is 3.37. The first kappa shape index (κ1) is 20.0. The summed E-state index contributed by atoms with van der Waals surface area (Å²) < 4.78 is 7.12. The van der Waals surface area contributed by atoms with Crippen molar-refractivity contribution in [2.45, 2.75) is 18.0 Å². The number of imidazole rings is 1. The molecule has 2 aromatic carbocycles. The number of para-hydroxylation sites is 2. The van der Waals surface area contributed by atoms with E-state index in [2.05, 4.69) is 10.3 Å². The number of benzene rings is 2. The van der Waals surface area contributed by atoms with Crippen LogP contribution in [0.4, 0.5) is 11.4 Å². The number of aromatic nitrogens is 2. The quantitative estimate of drug-likeness (QED) is 0.587. The molecule has 1 aliphatic rings. The normalized spacial score (nSPS) is 13.5. The first-order valence-electron chi connectivity index (χ1n) is 9.65. The lowest BCUT2D eigenvalue weighted by Crippen LogP contribution is -2.26. The van der Waals surface area contributed by atoms with Crippen LogP contribution < -0.4 is 15.0 Å². The van der Waals surface area contributed by atoms with Crippen molar-refractivity contribution in [3.05, 3.63) is 60.9 Å². The number of methoxy groups -OCH3 is 1. The molecule has 1 aliphatic heterocycles. The first-order chi connectivity index (χ1) is 14.7. The van der Waals surface area contributed by atoms with Crippen molar-refractivity contribution >= 4 is 35.0 Å². The van der Waals surface area contributed by atoms with Gasteiger partial charge in [-0.25, -0.2) is 4.98 Å². The van der Waals surface area contributed by atoms with Gasteiger partial charge in [-0.1, -0.05) is 23.9 Å². The molecule has 0 bridgehead atoms. The fourth-order valence-corrected chi connectivity index (χ4v) is 4.14. The summed E-state index contributed by atoms with van der Waals surface area (Å²) in [6, 6.07) is 15.0. The van der Waals surface area contributed by atoms with E-state index in [1.807, 2.05) is 59.3 Å². The van der Waals surface area contributed by atoms with Gasteiger partial charge in [-0.15, -0.1) is 0 Å². The molecule has 0 atom stereocenters. The lowest BCUT2D eigenvalue weighted by molar-refractivity contribution is -0.117. The van der Waals surface area contributed by atoms with Gasteiger partial charge < -0.3 is 15.0 Å². The van der Waals surface area contributed by atoms with Gasteiger partial charge in [0.25, 0.3) is 0 Å². The minimum atomic E-state index is -0.150. The molecule has 1 N–H and O–H groups in total. The first-order valence-corrected chi connectivity index (χ1v) is 10.6. The summed E-state index contributed by atoms with van der Waals surface area (Å²) >= 11 is 1.35. The van der Waals surface area contributed by atoms with Crippen molar-refractivity contribution in [2.24, 2.45) is 0 Å². The number of hydrogen-bond acceptors (Lipinski definition) is 5. The van der Waals surface area contributed by atoms with Gasteiger partial charge >= 0.3 is 0 Å². The predicted octanol–water partition coefficient (Wildman–Crippen LogP) is 3.74. The van der Waals surface area contributed by atoms with Crippen molar-refractivity contribution in [2.75, 3.05) is 29.6 Å². The van der Waals surface area contributed by atoms with E-state index in [1.54, 1.807) is 18.2 Å². The van der Waals surface area contributed by atoms with Gasteiger partial charge in [0.2, 0.25) is 11.8 Å². The van der Waals surface area contributed by atoms with Crippen molar-refractivity contribution < 1.29 is 14.3 Å². The third-order valence-electron chi connectivity index (χ3n) is 4.83. The molecule has 1 aromatic heterocycles. The van der Waals surface area contributed by atoms with Gasteiger partial charge in [0.1, 0.15) is 5.75 Å². The summed E-state index contributed by atoms with van der Waals surface area (Å²) in [5, 5.41) is 3.66. The fraction of sp³-hybridized carbons (Fsp3) is 0.227. The number of anilines is 2. The zero-order valence-corrected chi connectivity index (χ0v) is 17.4. The highest BCUT2D eigenvalue weighted by Gasteiger charge is 2.24. The molecular weight excluding hydrogens is 400 g/mol. The number of amides is 2. The zero-order chi connectivity index (χ0) is 20.9. The van der Waals surface area contributed by atoms with Crippen LogP contribution in [0.1, 0.15) is 12.8 Å². The molecular formula is C22H22N4O3S. The standard InChI is InChI=1S/C22H22N4O3S/c1-29-17-10-8-16(9-11-17)25-14-12-23-22(25)30-15-20(27)24-18-5-2-3-6-19(18)26-13-4-7-21(26)28/h2-3,5-6,8-12,14H,4,7,13,15H2,1H3,(H,24,27). The Labute approximate surface area is 179 Å². The number of thioether (sulfide) groups is 1. The number of ether oxygens (including phenoxy) is 1. The summed E-state index contributed by atoms with van der Waals surface area (Å²) in [6.07, 6.45) is 4.95. The Bertz CT molecular complexity index is 1050. The van der Waals surface area contributed by atoms with Crippen LogP contribution in [-0.2, 0) is 9.59 Å². The van der Waals surface area contributed by atoms with E-state index in [0.717, 1.165) is 28.7 Å². The summed E-state index contributed by atoms with van der Waals surface area (Å²) in [4.78, 5) is 30.8. The summed E-state index contributed by atoms with van der Waals surface area (Å²) in [6.45, 7) is 0.680. The molecule has 1 saturated heterocycles. The van der Waals surface area contributed by atoms with E-state index >= 15 is 0 Å². The van der Waals surface area contributed by atoms with E-state index in [4.69, 9.17) is 4.74 Å². The van der Waals surface area contributed by atoms with Crippen molar-refractivity contribution in [1.29, 1.82) is 0 Å². The van der Waals surface area contributed by atoms with Gasteiger partial charge in [0, 0.05) is 31.0 Å². The highest BCUT2D eigenvalue weighted by molar-refractivity contribution is 7.99. The van der Waals surface area contributed by atoms with Crippen LogP contribution in [0.2, 0.25) is 0 Å². The van der Waals surface area contributed by atoms with Crippen molar-refractivity contribution in [3.63, 3.8) is 0 Å². The maximum atomic E-state index is 12.6. The number of nitrogens with one attached hydrogen (secondary N) is 1. The topological polar surface area (TPSA) is 76.5 Å². The average molecular weight is 423 g/mol. The number of carbonyl (C=O) groups excluding carboxylic acids is 2. The van der Waals surface area contributed by atoms with Crippen molar-refractivity contribution in [3.8, 4) is 11.4 Å². The molecule has 8 heteroatoms. The van der Waals surface area contributed by atoms with E-state index in [1.165, 1.54) is 11.8 Å². The van der Waals surface area contributed by atoms with Crippen molar-refractivity contribution in [1.82, 2.24) is 9.55 Å². The maximum Gasteiger partial charge on any atom is 0.234 e. The van der Waals surface area contributed by atoms with Crippen LogP contribution in [0, 0.1) is 0 Å². The minimum absolute atomic E-state index is 0.0904. The minimum Gasteiger partial charge on any atom is -0.497 e. The third kappa shape index (κ3) is 4.33. The second-order valence-corrected chi connectivity index (χ2v) is 7.72. The molecule has 0 aliphatic carbocycles. The predicted molar refractivity (Wildman–Crippen MR) is 117 cm³/mol.